The van der Waals surface area contributed by atoms with Gasteiger partial charge >= 0.3 is 6.09 Å². The summed E-state index contributed by atoms with van der Waals surface area (Å²) in [5.41, 5.74) is 0. The summed E-state index contributed by atoms with van der Waals surface area (Å²) < 4.78 is 12.2. The fourth-order valence-electron chi connectivity index (χ4n) is 10.7. The van der Waals surface area contributed by atoms with Gasteiger partial charge in [-0.25, -0.2) is 0 Å². The zero-order valence-corrected chi connectivity index (χ0v) is 44.0. The van der Waals surface area contributed by atoms with Crippen LogP contribution in [-0.2, 0) is 9.47 Å². The highest BCUT2D eigenvalue weighted by Gasteiger charge is 2.60. The van der Waals surface area contributed by atoms with Crippen LogP contribution < -0.4 is 0 Å². The van der Waals surface area contributed by atoms with E-state index in [1.165, 1.54) is 218 Å². The van der Waals surface area contributed by atoms with Crippen molar-refractivity contribution >= 4 is 6.09 Å². The molecule has 0 aromatic rings. The average molecular weight is 926 g/mol. The molecule has 0 bridgehead atoms. The molecule has 1 aliphatic rings. The molecular weight excluding hydrogens is 811 g/mol. The molecule has 8 heteroatoms. The number of carbonyl (C=O) groups is 1. The number of carbonyl (C=O) groups excluding carboxylic acids is 1. The monoisotopic (exact) mass is 925 g/mol. The molecule has 0 aromatic heterocycles. The predicted molar refractivity (Wildman–Crippen MR) is 275 cm³/mol. The Morgan fingerprint density at radius 1 is 0.431 bits per heavy atom. The summed E-state index contributed by atoms with van der Waals surface area (Å²) in [5.74, 6) is 0. The summed E-state index contributed by atoms with van der Waals surface area (Å²) in [4.78, 5) is 14.7. The molecule has 388 valence electrons. The number of ether oxygens (including phenoxy) is 2. The summed E-state index contributed by atoms with van der Waals surface area (Å²) >= 11 is 0. The van der Waals surface area contributed by atoms with E-state index in [0.717, 1.165) is 57.8 Å². The van der Waals surface area contributed by atoms with Crippen molar-refractivity contribution < 1.29 is 39.2 Å². The number of nitrogens with zero attached hydrogens (tertiary/aromatic N) is 1. The van der Waals surface area contributed by atoms with Crippen molar-refractivity contribution in [2.24, 2.45) is 0 Å². The maximum atomic E-state index is 14.7. The third-order valence-electron chi connectivity index (χ3n) is 15.0. The van der Waals surface area contributed by atoms with Crippen molar-refractivity contribution in [3.63, 3.8) is 0 Å². The van der Waals surface area contributed by atoms with Gasteiger partial charge in [0.05, 0.1) is 19.8 Å². The van der Waals surface area contributed by atoms with Gasteiger partial charge in [-0.2, -0.15) is 9.28 Å². The van der Waals surface area contributed by atoms with E-state index in [9.17, 15) is 25.2 Å². The number of amides is 1. The molecule has 1 rings (SSSR count). The number of hydrogen-bond donors (Lipinski definition) is 4. The molecule has 0 saturated carbocycles. The van der Waals surface area contributed by atoms with Crippen molar-refractivity contribution in [2.45, 2.75) is 340 Å². The van der Waals surface area contributed by atoms with Crippen molar-refractivity contribution in [3.8, 4) is 0 Å². The minimum Gasteiger partial charge on any atom is -0.420 e. The first kappa shape index (κ1) is 62.2. The van der Waals surface area contributed by atoms with Crippen molar-refractivity contribution in [1.29, 1.82) is 0 Å². The molecule has 1 heterocycles. The Hall–Kier alpha value is -0.770. The number of unbranched alkanes of at least 4 members (excludes halogenated alkanes) is 38. The molecule has 0 aliphatic carbocycles. The zero-order chi connectivity index (χ0) is 47.5. The standard InChI is InChI=1S/C57H114NO7/c1-5-9-12-15-18-21-23-25-27-29-31-33-36-39-42-45-48-51(47-44-41-38-35-20-17-14-11-7-3)58(57(63)64-8-4,56-55(62)54(61)53(60)52(50-59)65-56)49-46-43-40-37-34-32-30-28-26-24-22-19-16-13-10-6-2/h51-56,59-62H,5-50H2,1-4H3/q+1/t51?,52-,53-,54+,55-,56?,58?/m1/s1. The second-order valence-corrected chi connectivity index (χ2v) is 20.7. The first-order chi connectivity index (χ1) is 31.8. The average Bonchev–Trinajstić information content (AvgIpc) is 3.31. The van der Waals surface area contributed by atoms with E-state index in [-0.39, 0.29) is 17.1 Å². The molecule has 0 spiro atoms. The van der Waals surface area contributed by atoms with Gasteiger partial charge < -0.3 is 29.9 Å². The Balaban J connectivity index is 2.96. The van der Waals surface area contributed by atoms with E-state index in [0.29, 0.717) is 6.54 Å². The maximum absolute atomic E-state index is 14.7. The lowest BCUT2D eigenvalue weighted by Gasteiger charge is -2.51. The number of aliphatic hydroxyl groups excluding tert-OH is 4. The molecule has 4 N–H and O–H groups in total. The maximum Gasteiger partial charge on any atom is 0.518 e. The number of rotatable bonds is 48. The van der Waals surface area contributed by atoms with Gasteiger partial charge in [0.25, 0.3) is 0 Å². The van der Waals surface area contributed by atoms with Gasteiger partial charge in [-0.05, 0) is 32.6 Å². The van der Waals surface area contributed by atoms with E-state index in [2.05, 4.69) is 20.8 Å². The topological polar surface area (TPSA) is 116 Å². The van der Waals surface area contributed by atoms with E-state index in [4.69, 9.17) is 9.47 Å². The highest BCUT2D eigenvalue weighted by Crippen LogP contribution is 2.37. The molecule has 7 atom stereocenters. The molecule has 1 amide bonds. The molecule has 8 nitrogen and oxygen atoms in total. The molecule has 0 radical (unpaired) electrons. The highest BCUT2D eigenvalue weighted by atomic mass is 16.6. The van der Waals surface area contributed by atoms with E-state index < -0.39 is 43.3 Å². The lowest BCUT2D eigenvalue weighted by molar-refractivity contribution is -0.937. The quantitative estimate of drug-likeness (QED) is 0.0355. The van der Waals surface area contributed by atoms with Crippen LogP contribution in [0, 0.1) is 0 Å². The highest BCUT2D eigenvalue weighted by molar-refractivity contribution is 5.60. The third-order valence-corrected chi connectivity index (χ3v) is 15.0. The zero-order valence-electron chi connectivity index (χ0n) is 44.0. The number of quaternary nitrogens is 1. The van der Waals surface area contributed by atoms with Gasteiger partial charge in [0.15, 0.2) is 6.10 Å². The lowest BCUT2D eigenvalue weighted by Crippen LogP contribution is -2.74. The van der Waals surface area contributed by atoms with Crippen LogP contribution >= 0.6 is 0 Å². The number of aliphatic hydroxyl groups is 4. The van der Waals surface area contributed by atoms with Crippen LogP contribution in [0.2, 0.25) is 0 Å². The second-order valence-electron chi connectivity index (χ2n) is 20.7. The van der Waals surface area contributed by atoms with Crippen molar-refractivity contribution in [3.05, 3.63) is 0 Å². The largest absolute Gasteiger partial charge is 0.518 e. The Bertz CT molecular complexity index is 1010. The minimum atomic E-state index is -1.53. The van der Waals surface area contributed by atoms with Crippen LogP contribution in [-0.4, -0.2) is 87.4 Å². The third kappa shape index (κ3) is 29.1. The molecule has 1 fully saturated rings. The van der Waals surface area contributed by atoms with Crippen LogP contribution in [0.5, 0.6) is 0 Å². The van der Waals surface area contributed by atoms with E-state index in [1.54, 1.807) is 0 Å². The molecular formula is C57H114NO7+. The van der Waals surface area contributed by atoms with Crippen LogP contribution in [0.15, 0.2) is 0 Å². The van der Waals surface area contributed by atoms with Gasteiger partial charge in [0.1, 0.15) is 24.4 Å². The minimum absolute atomic E-state index is 0.164. The van der Waals surface area contributed by atoms with Crippen molar-refractivity contribution in [1.82, 2.24) is 0 Å². The summed E-state index contributed by atoms with van der Waals surface area (Å²) in [6, 6.07) is -0.164. The Labute approximate surface area is 404 Å². The molecule has 65 heavy (non-hydrogen) atoms. The first-order valence-electron chi connectivity index (χ1n) is 29.2. The van der Waals surface area contributed by atoms with Gasteiger partial charge in [0.2, 0.25) is 6.23 Å². The van der Waals surface area contributed by atoms with Gasteiger partial charge in [-0.1, -0.05) is 258 Å². The second kappa shape index (κ2) is 44.4. The fourth-order valence-corrected chi connectivity index (χ4v) is 10.7. The van der Waals surface area contributed by atoms with Gasteiger partial charge in [-0.15, -0.1) is 0 Å². The summed E-state index contributed by atoms with van der Waals surface area (Å²) in [6.07, 6.45) is 46.5. The van der Waals surface area contributed by atoms with Crippen LogP contribution in [0.3, 0.4) is 0 Å². The predicted octanol–water partition coefficient (Wildman–Crippen LogP) is 16.0. The smallest absolute Gasteiger partial charge is 0.420 e. The summed E-state index contributed by atoms with van der Waals surface area (Å²) in [7, 11) is 0. The van der Waals surface area contributed by atoms with E-state index >= 15 is 0 Å². The Morgan fingerprint density at radius 3 is 1.02 bits per heavy atom. The first-order valence-corrected chi connectivity index (χ1v) is 29.2. The fraction of sp³-hybridized carbons (Fsp3) is 0.982. The van der Waals surface area contributed by atoms with Crippen LogP contribution in [0.1, 0.15) is 304 Å². The van der Waals surface area contributed by atoms with Crippen LogP contribution in [0.4, 0.5) is 4.79 Å². The summed E-state index contributed by atoms with van der Waals surface area (Å²) in [5, 5.41) is 44.1. The van der Waals surface area contributed by atoms with Crippen molar-refractivity contribution in [2.75, 3.05) is 19.8 Å². The Morgan fingerprint density at radius 2 is 0.723 bits per heavy atom. The molecule has 0 aromatic carbocycles. The molecule has 1 saturated heterocycles. The normalized spacial score (nSPS) is 20.3. The van der Waals surface area contributed by atoms with Crippen LogP contribution in [0.25, 0.3) is 0 Å². The van der Waals surface area contributed by atoms with Gasteiger partial charge in [-0.3, -0.25) is 0 Å². The molecule has 3 unspecified atom stereocenters. The summed E-state index contributed by atoms with van der Waals surface area (Å²) in [6.45, 7) is 8.80. The van der Waals surface area contributed by atoms with Gasteiger partial charge in [0, 0.05) is 12.8 Å². The number of hydrogen-bond acceptors (Lipinski definition) is 7. The SMILES string of the molecule is CCCCCCCCCCCCCCCCCCC(CCCCCCCCCCC)[N+](CCCCCCCCCCCCCCCCCC)(C(=O)OCC)C1O[C@H](CO)[C@@H](O)[C@H](O)[C@H]1O. The van der Waals surface area contributed by atoms with E-state index in [1.807, 2.05) is 6.92 Å². The Kier molecular flexibility index (Phi) is 42.6. The lowest BCUT2D eigenvalue weighted by atomic mass is 9.91. The molecule has 1 aliphatic heterocycles.